The van der Waals surface area contributed by atoms with Crippen LogP contribution < -0.4 is 5.32 Å². The molecular formula is C11H21N3. The number of nitrogens with one attached hydrogen (secondary N) is 1. The highest BCUT2D eigenvalue weighted by atomic mass is 15.2. The maximum absolute atomic E-state index is 9.04. The first-order chi connectivity index (χ1) is 6.52. The molecule has 3 nitrogen and oxygen atoms in total. The van der Waals surface area contributed by atoms with Gasteiger partial charge in [0.1, 0.15) is 5.54 Å². The Kier molecular flexibility index (Phi) is 3.52. The van der Waals surface area contributed by atoms with Crippen LogP contribution in [0.25, 0.3) is 0 Å². The molecular weight excluding hydrogens is 174 g/mol. The van der Waals surface area contributed by atoms with Crippen molar-refractivity contribution >= 4 is 0 Å². The monoisotopic (exact) mass is 195 g/mol. The van der Waals surface area contributed by atoms with Crippen LogP contribution in [0.1, 0.15) is 33.1 Å². The van der Waals surface area contributed by atoms with E-state index in [1.165, 1.54) is 12.8 Å². The quantitative estimate of drug-likeness (QED) is 0.720. The van der Waals surface area contributed by atoms with Crippen LogP contribution in [0.3, 0.4) is 0 Å². The number of rotatable bonds is 5. The fourth-order valence-electron chi connectivity index (χ4n) is 1.78. The molecule has 0 radical (unpaired) electrons. The van der Waals surface area contributed by atoms with Gasteiger partial charge in [0.25, 0.3) is 0 Å². The second-order valence-electron chi connectivity index (χ2n) is 4.64. The summed E-state index contributed by atoms with van der Waals surface area (Å²) in [6, 6.07) is 3.58. The molecule has 2 unspecified atom stereocenters. The van der Waals surface area contributed by atoms with E-state index in [0.29, 0.717) is 6.04 Å². The lowest BCUT2D eigenvalue weighted by Gasteiger charge is -2.30. The molecule has 80 valence electrons. The van der Waals surface area contributed by atoms with E-state index in [4.69, 9.17) is 5.26 Å². The molecule has 0 aromatic carbocycles. The average molecular weight is 195 g/mol. The Bertz CT molecular complexity index is 229. The molecule has 0 aromatic heterocycles. The van der Waals surface area contributed by atoms with Crippen molar-refractivity contribution in [3.63, 3.8) is 0 Å². The van der Waals surface area contributed by atoms with Crippen molar-refractivity contribution in [3.05, 3.63) is 0 Å². The number of nitrogens with zero attached hydrogens (tertiary/aromatic N) is 2. The molecule has 0 aromatic rings. The van der Waals surface area contributed by atoms with Crippen molar-refractivity contribution < 1.29 is 0 Å². The predicted molar refractivity (Wildman–Crippen MR) is 57.9 cm³/mol. The van der Waals surface area contributed by atoms with E-state index in [1.54, 1.807) is 0 Å². The van der Waals surface area contributed by atoms with Crippen LogP contribution in [0.2, 0.25) is 0 Å². The van der Waals surface area contributed by atoms with E-state index in [1.807, 2.05) is 14.0 Å². The van der Waals surface area contributed by atoms with E-state index in [0.717, 1.165) is 12.5 Å². The van der Waals surface area contributed by atoms with Gasteiger partial charge in [0.2, 0.25) is 0 Å². The van der Waals surface area contributed by atoms with Gasteiger partial charge in [-0.15, -0.1) is 0 Å². The Hall–Kier alpha value is -0.590. The maximum atomic E-state index is 9.04. The minimum Gasteiger partial charge on any atom is -0.303 e. The molecule has 1 aliphatic carbocycles. The highest BCUT2D eigenvalue weighted by Crippen LogP contribution is 2.29. The van der Waals surface area contributed by atoms with Gasteiger partial charge in [-0.05, 0) is 47.2 Å². The Morgan fingerprint density at radius 2 is 2.21 bits per heavy atom. The molecule has 1 aliphatic rings. The fourth-order valence-corrected chi connectivity index (χ4v) is 1.78. The van der Waals surface area contributed by atoms with Crippen LogP contribution in [-0.4, -0.2) is 36.6 Å². The molecule has 0 saturated heterocycles. The first-order valence-corrected chi connectivity index (χ1v) is 5.34. The summed E-state index contributed by atoms with van der Waals surface area (Å²) < 4.78 is 0. The van der Waals surface area contributed by atoms with Crippen molar-refractivity contribution in [2.45, 2.75) is 50.7 Å². The van der Waals surface area contributed by atoms with Gasteiger partial charge in [0.15, 0.2) is 0 Å². The molecule has 3 heteroatoms. The molecule has 1 fully saturated rings. The van der Waals surface area contributed by atoms with Gasteiger partial charge >= 0.3 is 0 Å². The summed E-state index contributed by atoms with van der Waals surface area (Å²) in [5.74, 6) is 0. The van der Waals surface area contributed by atoms with Gasteiger partial charge < -0.3 is 10.2 Å². The molecule has 0 spiro atoms. The van der Waals surface area contributed by atoms with Crippen molar-refractivity contribution in [1.29, 1.82) is 5.26 Å². The number of nitriles is 1. The first kappa shape index (κ1) is 11.5. The highest BCUT2D eigenvalue weighted by molar-refractivity contribution is 5.05. The van der Waals surface area contributed by atoms with Crippen molar-refractivity contribution in [1.82, 2.24) is 10.2 Å². The molecule has 0 heterocycles. The van der Waals surface area contributed by atoms with Crippen LogP contribution in [0.15, 0.2) is 0 Å². The topological polar surface area (TPSA) is 39.1 Å². The van der Waals surface area contributed by atoms with Crippen LogP contribution >= 0.6 is 0 Å². The summed E-state index contributed by atoms with van der Waals surface area (Å²) in [6.07, 6.45) is 3.53. The normalized spacial score (nSPS) is 22.9. The molecule has 1 saturated carbocycles. The number of hydrogen-bond acceptors (Lipinski definition) is 3. The second-order valence-corrected chi connectivity index (χ2v) is 4.64. The van der Waals surface area contributed by atoms with Crippen molar-refractivity contribution in [3.8, 4) is 6.07 Å². The largest absolute Gasteiger partial charge is 0.303 e. The zero-order chi connectivity index (χ0) is 10.8. The number of hydrogen-bond donors (Lipinski definition) is 1. The third-order valence-corrected chi connectivity index (χ3v) is 3.32. The lowest BCUT2D eigenvalue weighted by atomic mass is 9.95. The van der Waals surface area contributed by atoms with Crippen molar-refractivity contribution in [2.24, 2.45) is 0 Å². The third kappa shape index (κ3) is 2.70. The maximum Gasteiger partial charge on any atom is 0.105 e. The molecule has 1 N–H and O–H groups in total. The van der Waals surface area contributed by atoms with Crippen molar-refractivity contribution in [2.75, 3.05) is 14.1 Å². The molecule has 0 bridgehead atoms. The summed E-state index contributed by atoms with van der Waals surface area (Å²) >= 11 is 0. The zero-order valence-electron chi connectivity index (χ0n) is 9.67. The Morgan fingerprint density at radius 3 is 2.57 bits per heavy atom. The van der Waals surface area contributed by atoms with E-state index < -0.39 is 0 Å². The van der Waals surface area contributed by atoms with Gasteiger partial charge in [-0.2, -0.15) is 5.26 Å². The van der Waals surface area contributed by atoms with Crippen LogP contribution in [0.5, 0.6) is 0 Å². The van der Waals surface area contributed by atoms with E-state index in [2.05, 4.69) is 30.3 Å². The smallest absolute Gasteiger partial charge is 0.105 e. The molecule has 2 atom stereocenters. The van der Waals surface area contributed by atoms with E-state index in [9.17, 15) is 0 Å². The summed E-state index contributed by atoms with van der Waals surface area (Å²) in [5.41, 5.74) is -0.386. The molecule has 1 rings (SSSR count). The highest BCUT2D eigenvalue weighted by Gasteiger charge is 2.32. The molecule has 0 amide bonds. The lowest BCUT2D eigenvalue weighted by molar-refractivity contribution is 0.208. The SMILES string of the molecule is CNC(C)(C#N)CC(C)N(C)C1CC1. The van der Waals surface area contributed by atoms with Gasteiger partial charge in [-0.25, -0.2) is 0 Å². The molecule has 0 aliphatic heterocycles. The van der Waals surface area contributed by atoms with Gasteiger partial charge in [-0.1, -0.05) is 0 Å². The van der Waals surface area contributed by atoms with Crippen LogP contribution in [0.4, 0.5) is 0 Å². The lowest BCUT2D eigenvalue weighted by Crippen LogP contribution is -2.45. The third-order valence-electron chi connectivity index (χ3n) is 3.32. The fraction of sp³-hybridized carbons (Fsp3) is 0.909. The van der Waals surface area contributed by atoms with Gasteiger partial charge in [0.05, 0.1) is 6.07 Å². The summed E-state index contributed by atoms with van der Waals surface area (Å²) in [4.78, 5) is 2.40. The second kappa shape index (κ2) is 4.29. The summed E-state index contributed by atoms with van der Waals surface area (Å²) in [7, 11) is 4.02. The summed E-state index contributed by atoms with van der Waals surface area (Å²) in [5, 5.41) is 12.1. The Labute approximate surface area is 87.1 Å². The minimum absolute atomic E-state index is 0.386. The molecule has 14 heavy (non-hydrogen) atoms. The summed E-state index contributed by atoms with van der Waals surface area (Å²) in [6.45, 7) is 4.16. The zero-order valence-corrected chi connectivity index (χ0v) is 9.67. The van der Waals surface area contributed by atoms with Crippen LogP contribution in [-0.2, 0) is 0 Å². The predicted octanol–water partition coefficient (Wildman–Crippen LogP) is 1.36. The standard InChI is InChI=1S/C11H21N3/c1-9(14(4)10-5-6-10)7-11(2,8-12)13-3/h9-10,13H,5-7H2,1-4H3. The van der Waals surface area contributed by atoms with E-state index >= 15 is 0 Å². The Balaban J connectivity index is 2.45. The average Bonchev–Trinajstić information content (AvgIpc) is 2.99. The van der Waals surface area contributed by atoms with E-state index in [-0.39, 0.29) is 5.54 Å². The van der Waals surface area contributed by atoms with Crippen LogP contribution in [0, 0.1) is 11.3 Å². The Morgan fingerprint density at radius 1 is 1.64 bits per heavy atom. The first-order valence-electron chi connectivity index (χ1n) is 5.34. The minimum atomic E-state index is -0.386. The van der Waals surface area contributed by atoms with Gasteiger partial charge in [-0.3, -0.25) is 0 Å². The van der Waals surface area contributed by atoms with Gasteiger partial charge in [0, 0.05) is 12.1 Å².